The Morgan fingerprint density at radius 1 is 1.29 bits per heavy atom. The molecular formula is C12H25NO. The summed E-state index contributed by atoms with van der Waals surface area (Å²) in [4.78, 5) is 0. The maximum Gasteiger partial charge on any atom is 0.0575 e. The second-order valence-corrected chi connectivity index (χ2v) is 4.87. The highest BCUT2D eigenvalue weighted by atomic mass is 16.5. The van der Waals surface area contributed by atoms with E-state index in [1.165, 1.54) is 25.7 Å². The fourth-order valence-electron chi connectivity index (χ4n) is 2.05. The van der Waals surface area contributed by atoms with E-state index < -0.39 is 0 Å². The smallest absolute Gasteiger partial charge is 0.0575 e. The average molecular weight is 199 g/mol. The first-order valence-electron chi connectivity index (χ1n) is 6.05. The fourth-order valence-corrected chi connectivity index (χ4v) is 2.05. The molecule has 0 bridgehead atoms. The summed E-state index contributed by atoms with van der Waals surface area (Å²) in [5.74, 6) is 0.916. The fraction of sp³-hybridized carbons (Fsp3) is 1.00. The van der Waals surface area contributed by atoms with Gasteiger partial charge in [0.05, 0.1) is 6.10 Å². The minimum absolute atomic E-state index is 0.324. The highest BCUT2D eigenvalue weighted by Gasteiger charge is 2.18. The normalized spacial score (nSPS) is 30.2. The first-order valence-corrected chi connectivity index (χ1v) is 6.05. The van der Waals surface area contributed by atoms with Gasteiger partial charge < -0.3 is 10.5 Å². The third-order valence-electron chi connectivity index (χ3n) is 3.12. The molecule has 0 spiro atoms. The number of rotatable bonds is 5. The van der Waals surface area contributed by atoms with Crippen molar-refractivity contribution in [1.29, 1.82) is 0 Å². The van der Waals surface area contributed by atoms with Crippen molar-refractivity contribution in [3.8, 4) is 0 Å². The van der Waals surface area contributed by atoms with Crippen molar-refractivity contribution in [1.82, 2.24) is 0 Å². The Morgan fingerprint density at radius 2 is 1.93 bits per heavy atom. The zero-order chi connectivity index (χ0) is 10.4. The van der Waals surface area contributed by atoms with Crippen LogP contribution in [0.25, 0.3) is 0 Å². The van der Waals surface area contributed by atoms with E-state index in [0.717, 1.165) is 25.4 Å². The predicted octanol–water partition coefficient (Wildman–Crippen LogP) is 2.71. The van der Waals surface area contributed by atoms with Gasteiger partial charge >= 0.3 is 0 Å². The Hall–Kier alpha value is -0.0800. The van der Waals surface area contributed by atoms with Crippen LogP contribution in [0.15, 0.2) is 0 Å². The van der Waals surface area contributed by atoms with Gasteiger partial charge in [-0.2, -0.15) is 0 Å². The SMILES string of the molecule is CC(N)CCCOC1CCC(C)CC1. The maximum atomic E-state index is 5.83. The van der Waals surface area contributed by atoms with Gasteiger partial charge in [0.1, 0.15) is 0 Å². The van der Waals surface area contributed by atoms with Crippen molar-refractivity contribution < 1.29 is 4.74 Å². The minimum Gasteiger partial charge on any atom is -0.378 e. The lowest BCUT2D eigenvalue weighted by atomic mass is 9.89. The van der Waals surface area contributed by atoms with Crippen LogP contribution in [0.4, 0.5) is 0 Å². The summed E-state index contributed by atoms with van der Waals surface area (Å²) in [7, 11) is 0. The van der Waals surface area contributed by atoms with Gasteiger partial charge in [0.2, 0.25) is 0 Å². The van der Waals surface area contributed by atoms with Crippen LogP contribution in [0, 0.1) is 5.92 Å². The predicted molar refractivity (Wildman–Crippen MR) is 60.3 cm³/mol. The summed E-state index contributed by atoms with van der Waals surface area (Å²) in [6.07, 6.45) is 7.96. The van der Waals surface area contributed by atoms with Crippen LogP contribution in [-0.4, -0.2) is 18.8 Å². The van der Waals surface area contributed by atoms with Gasteiger partial charge in [0.25, 0.3) is 0 Å². The number of ether oxygens (including phenoxy) is 1. The lowest BCUT2D eigenvalue weighted by molar-refractivity contribution is 0.0176. The monoisotopic (exact) mass is 199 g/mol. The molecule has 1 atom stereocenters. The number of nitrogens with two attached hydrogens (primary N) is 1. The van der Waals surface area contributed by atoms with Gasteiger partial charge in [-0.05, 0) is 51.4 Å². The van der Waals surface area contributed by atoms with E-state index in [2.05, 4.69) is 13.8 Å². The molecule has 0 saturated heterocycles. The molecule has 0 aromatic carbocycles. The standard InChI is InChI=1S/C12H25NO/c1-10-5-7-12(8-6-10)14-9-3-4-11(2)13/h10-12H,3-9,13H2,1-2H3. The van der Waals surface area contributed by atoms with Gasteiger partial charge in [0.15, 0.2) is 0 Å². The van der Waals surface area contributed by atoms with Crippen molar-refractivity contribution in [3.63, 3.8) is 0 Å². The molecule has 0 radical (unpaired) electrons. The molecule has 0 aromatic rings. The van der Waals surface area contributed by atoms with Crippen molar-refractivity contribution in [2.75, 3.05) is 6.61 Å². The van der Waals surface area contributed by atoms with Gasteiger partial charge in [0, 0.05) is 12.6 Å². The molecule has 0 aromatic heterocycles. The summed E-state index contributed by atoms with van der Waals surface area (Å²) >= 11 is 0. The molecule has 0 amide bonds. The van der Waals surface area contributed by atoms with Crippen LogP contribution in [0.1, 0.15) is 52.4 Å². The average Bonchev–Trinajstić information content (AvgIpc) is 2.15. The Bertz CT molecular complexity index is 139. The molecule has 1 unspecified atom stereocenters. The highest BCUT2D eigenvalue weighted by Crippen LogP contribution is 2.25. The first-order chi connectivity index (χ1) is 6.68. The lowest BCUT2D eigenvalue weighted by Crippen LogP contribution is -2.22. The number of hydrogen-bond donors (Lipinski definition) is 1. The lowest BCUT2D eigenvalue weighted by Gasteiger charge is -2.26. The summed E-state index contributed by atoms with van der Waals surface area (Å²) in [6.45, 7) is 5.30. The molecule has 1 aliphatic carbocycles. The maximum absolute atomic E-state index is 5.83. The quantitative estimate of drug-likeness (QED) is 0.691. The van der Waals surface area contributed by atoms with Crippen LogP contribution < -0.4 is 5.73 Å². The number of hydrogen-bond acceptors (Lipinski definition) is 2. The third kappa shape index (κ3) is 4.97. The molecular weight excluding hydrogens is 174 g/mol. The zero-order valence-corrected chi connectivity index (χ0v) is 9.67. The summed E-state index contributed by atoms with van der Waals surface area (Å²) in [6, 6.07) is 0.324. The topological polar surface area (TPSA) is 35.2 Å². The Balaban J connectivity index is 1.96. The highest BCUT2D eigenvalue weighted by molar-refractivity contribution is 4.69. The largest absolute Gasteiger partial charge is 0.378 e. The van der Waals surface area contributed by atoms with E-state index >= 15 is 0 Å². The third-order valence-corrected chi connectivity index (χ3v) is 3.12. The molecule has 1 saturated carbocycles. The van der Waals surface area contributed by atoms with Crippen LogP contribution in [0.5, 0.6) is 0 Å². The van der Waals surface area contributed by atoms with Crippen molar-refractivity contribution >= 4 is 0 Å². The van der Waals surface area contributed by atoms with E-state index in [4.69, 9.17) is 10.5 Å². The molecule has 0 aliphatic heterocycles. The minimum atomic E-state index is 0.324. The molecule has 84 valence electrons. The zero-order valence-electron chi connectivity index (χ0n) is 9.67. The van der Waals surface area contributed by atoms with E-state index in [-0.39, 0.29) is 0 Å². The molecule has 2 N–H and O–H groups in total. The van der Waals surface area contributed by atoms with Crippen LogP contribution in [-0.2, 0) is 4.74 Å². The second kappa shape index (κ2) is 6.41. The Kier molecular flexibility index (Phi) is 5.49. The first kappa shape index (κ1) is 12.0. The molecule has 1 rings (SSSR count). The molecule has 2 heteroatoms. The van der Waals surface area contributed by atoms with Crippen molar-refractivity contribution in [3.05, 3.63) is 0 Å². The van der Waals surface area contributed by atoms with Crippen molar-refractivity contribution in [2.24, 2.45) is 11.7 Å². The van der Waals surface area contributed by atoms with E-state index in [0.29, 0.717) is 12.1 Å². The molecule has 2 nitrogen and oxygen atoms in total. The summed E-state index contributed by atoms with van der Waals surface area (Å²) in [5, 5.41) is 0. The molecule has 1 aliphatic rings. The van der Waals surface area contributed by atoms with Gasteiger partial charge in [-0.25, -0.2) is 0 Å². The Morgan fingerprint density at radius 3 is 2.50 bits per heavy atom. The van der Waals surface area contributed by atoms with Gasteiger partial charge in [-0.3, -0.25) is 0 Å². The van der Waals surface area contributed by atoms with E-state index in [1.807, 2.05) is 0 Å². The molecule has 14 heavy (non-hydrogen) atoms. The molecule has 1 fully saturated rings. The van der Waals surface area contributed by atoms with E-state index in [1.54, 1.807) is 0 Å². The van der Waals surface area contributed by atoms with Gasteiger partial charge in [-0.15, -0.1) is 0 Å². The van der Waals surface area contributed by atoms with Crippen LogP contribution in [0.2, 0.25) is 0 Å². The Labute approximate surface area is 88.2 Å². The summed E-state index contributed by atoms with van der Waals surface area (Å²) in [5.41, 5.74) is 5.67. The summed E-state index contributed by atoms with van der Waals surface area (Å²) < 4.78 is 5.83. The molecule has 0 heterocycles. The van der Waals surface area contributed by atoms with Gasteiger partial charge in [-0.1, -0.05) is 6.92 Å². The second-order valence-electron chi connectivity index (χ2n) is 4.87. The van der Waals surface area contributed by atoms with E-state index in [9.17, 15) is 0 Å². The van der Waals surface area contributed by atoms with Crippen molar-refractivity contribution in [2.45, 2.75) is 64.5 Å². The van der Waals surface area contributed by atoms with Crippen LogP contribution in [0.3, 0.4) is 0 Å². The van der Waals surface area contributed by atoms with Crippen LogP contribution >= 0.6 is 0 Å².